The Morgan fingerprint density at radius 3 is 2.26 bits per heavy atom. The van der Waals surface area contributed by atoms with Gasteiger partial charge in [-0.05, 0) is 36.1 Å². The SMILES string of the molecule is CN1c2ccccc2C(c2ccccc2)=C(C(=O)N2CCCc3ccccc32)S1(=O)=O. The zero-order valence-electron chi connectivity index (χ0n) is 17.2. The number of fused-ring (bicyclic) bond motifs is 2. The molecule has 2 aliphatic rings. The number of anilines is 2. The van der Waals surface area contributed by atoms with E-state index in [9.17, 15) is 13.2 Å². The predicted octanol–water partition coefficient (Wildman–Crippen LogP) is 4.21. The van der Waals surface area contributed by atoms with Crippen molar-refractivity contribution in [1.82, 2.24) is 0 Å². The Kier molecular flexibility index (Phi) is 4.67. The number of hydrogen-bond acceptors (Lipinski definition) is 3. The number of benzene rings is 3. The molecule has 1 amide bonds. The number of para-hydroxylation sites is 2. The highest BCUT2D eigenvalue weighted by Gasteiger charge is 2.42. The Hall–Kier alpha value is -3.38. The van der Waals surface area contributed by atoms with Crippen molar-refractivity contribution < 1.29 is 13.2 Å². The summed E-state index contributed by atoms with van der Waals surface area (Å²) in [6.07, 6.45) is 1.67. The van der Waals surface area contributed by atoms with Crippen molar-refractivity contribution >= 4 is 32.9 Å². The summed E-state index contributed by atoms with van der Waals surface area (Å²) < 4.78 is 28.6. The molecule has 0 bridgehead atoms. The average Bonchev–Trinajstić information content (AvgIpc) is 2.81. The lowest BCUT2D eigenvalue weighted by Crippen LogP contribution is -2.43. The van der Waals surface area contributed by atoms with Crippen LogP contribution in [0.4, 0.5) is 11.4 Å². The summed E-state index contributed by atoms with van der Waals surface area (Å²) in [5, 5.41) is 0. The molecule has 5 nitrogen and oxygen atoms in total. The Morgan fingerprint density at radius 1 is 0.839 bits per heavy atom. The molecule has 31 heavy (non-hydrogen) atoms. The van der Waals surface area contributed by atoms with Gasteiger partial charge in [-0.15, -0.1) is 0 Å². The van der Waals surface area contributed by atoms with Crippen molar-refractivity contribution in [1.29, 1.82) is 0 Å². The van der Waals surface area contributed by atoms with Gasteiger partial charge in [-0.1, -0.05) is 66.7 Å². The van der Waals surface area contributed by atoms with Crippen LogP contribution in [0.5, 0.6) is 0 Å². The van der Waals surface area contributed by atoms with Crippen LogP contribution in [0.2, 0.25) is 0 Å². The molecular weight excluding hydrogens is 408 g/mol. The largest absolute Gasteiger partial charge is 0.307 e. The average molecular weight is 431 g/mol. The summed E-state index contributed by atoms with van der Waals surface area (Å²) in [7, 11) is -2.53. The number of rotatable bonds is 2. The van der Waals surface area contributed by atoms with Gasteiger partial charge in [0.1, 0.15) is 0 Å². The molecular formula is C25H22N2O3S. The van der Waals surface area contributed by atoms with Gasteiger partial charge in [0.25, 0.3) is 15.9 Å². The summed E-state index contributed by atoms with van der Waals surface area (Å²) in [6.45, 7) is 0.488. The van der Waals surface area contributed by atoms with Crippen LogP contribution >= 0.6 is 0 Å². The molecule has 0 saturated carbocycles. The van der Waals surface area contributed by atoms with Gasteiger partial charge in [-0.25, -0.2) is 8.42 Å². The predicted molar refractivity (Wildman–Crippen MR) is 123 cm³/mol. The molecule has 5 rings (SSSR count). The maximum absolute atomic E-state index is 13.9. The van der Waals surface area contributed by atoms with Gasteiger partial charge in [-0.2, -0.15) is 0 Å². The molecule has 156 valence electrons. The lowest BCUT2D eigenvalue weighted by atomic mass is 9.94. The van der Waals surface area contributed by atoms with E-state index in [1.807, 2.05) is 66.7 Å². The standard InChI is InChI=1S/C25H22N2O3S/c1-26-22-16-8-6-14-20(22)23(19-11-3-2-4-12-19)24(31(26,29)30)25(28)27-17-9-13-18-10-5-7-15-21(18)27/h2-8,10-12,14-16H,9,13,17H2,1H3. The molecule has 0 aliphatic carbocycles. The zero-order valence-corrected chi connectivity index (χ0v) is 18.0. The van der Waals surface area contributed by atoms with Crippen molar-refractivity contribution in [2.75, 3.05) is 22.8 Å². The summed E-state index contributed by atoms with van der Waals surface area (Å²) in [5.41, 5.74) is 4.32. The van der Waals surface area contributed by atoms with Crippen LogP contribution in [-0.2, 0) is 21.2 Å². The minimum Gasteiger partial charge on any atom is -0.307 e. The van der Waals surface area contributed by atoms with E-state index in [1.54, 1.807) is 17.0 Å². The summed E-state index contributed by atoms with van der Waals surface area (Å²) in [6, 6.07) is 24.3. The molecule has 0 fully saturated rings. The van der Waals surface area contributed by atoms with Crippen molar-refractivity contribution in [3.8, 4) is 0 Å². The highest BCUT2D eigenvalue weighted by molar-refractivity contribution is 7.97. The second kappa shape index (κ2) is 7.39. The minimum atomic E-state index is -4.04. The van der Waals surface area contributed by atoms with Gasteiger partial charge in [-0.3, -0.25) is 9.10 Å². The highest BCUT2D eigenvalue weighted by atomic mass is 32.2. The molecule has 2 aliphatic heterocycles. The van der Waals surface area contributed by atoms with Gasteiger partial charge < -0.3 is 4.90 Å². The molecule has 6 heteroatoms. The second-order valence-corrected chi connectivity index (χ2v) is 9.65. The van der Waals surface area contributed by atoms with Gasteiger partial charge in [0, 0.05) is 30.4 Å². The van der Waals surface area contributed by atoms with E-state index in [2.05, 4.69) is 0 Å². The van der Waals surface area contributed by atoms with E-state index in [1.165, 1.54) is 11.4 Å². The molecule has 3 aromatic carbocycles. The summed E-state index contributed by atoms with van der Waals surface area (Å²) in [5.74, 6) is -0.479. The molecule has 0 N–H and O–H groups in total. The highest BCUT2D eigenvalue weighted by Crippen LogP contribution is 2.43. The number of carbonyl (C=O) groups is 1. The second-order valence-electron chi connectivity index (χ2n) is 7.75. The van der Waals surface area contributed by atoms with Crippen LogP contribution in [0.1, 0.15) is 23.1 Å². The number of carbonyl (C=O) groups excluding carboxylic acids is 1. The van der Waals surface area contributed by atoms with E-state index in [0.717, 1.165) is 29.7 Å². The fourth-order valence-corrected chi connectivity index (χ4v) is 5.96. The lowest BCUT2D eigenvalue weighted by molar-refractivity contribution is -0.114. The van der Waals surface area contributed by atoms with Gasteiger partial charge in [0.15, 0.2) is 4.91 Å². The van der Waals surface area contributed by atoms with Crippen LogP contribution in [0, 0.1) is 0 Å². The number of nitrogens with zero attached hydrogens (tertiary/aromatic N) is 2. The molecule has 0 unspecified atom stereocenters. The van der Waals surface area contributed by atoms with E-state index in [0.29, 0.717) is 23.4 Å². The monoisotopic (exact) mass is 430 g/mol. The van der Waals surface area contributed by atoms with Crippen molar-refractivity contribution in [2.45, 2.75) is 12.8 Å². The van der Waals surface area contributed by atoms with E-state index in [4.69, 9.17) is 0 Å². The van der Waals surface area contributed by atoms with Crippen molar-refractivity contribution in [3.05, 3.63) is 100 Å². The Bertz CT molecular complexity index is 1310. The van der Waals surface area contributed by atoms with E-state index in [-0.39, 0.29) is 4.91 Å². The first-order valence-electron chi connectivity index (χ1n) is 10.3. The third kappa shape index (κ3) is 3.06. The third-order valence-electron chi connectivity index (χ3n) is 5.97. The molecule has 0 aromatic heterocycles. The molecule has 0 spiro atoms. The zero-order chi connectivity index (χ0) is 21.6. The molecule has 3 aromatic rings. The van der Waals surface area contributed by atoms with Gasteiger partial charge >= 0.3 is 0 Å². The third-order valence-corrected chi connectivity index (χ3v) is 7.78. The molecule has 0 radical (unpaired) electrons. The number of sulfonamides is 1. The number of hydrogen-bond donors (Lipinski definition) is 0. The van der Waals surface area contributed by atoms with Crippen molar-refractivity contribution in [2.24, 2.45) is 0 Å². The smallest absolute Gasteiger partial charge is 0.272 e. The topological polar surface area (TPSA) is 57.7 Å². The molecule has 2 heterocycles. The van der Waals surface area contributed by atoms with Gasteiger partial charge in [0.05, 0.1) is 5.69 Å². The van der Waals surface area contributed by atoms with E-state index < -0.39 is 15.9 Å². The number of amides is 1. The fraction of sp³-hybridized carbons (Fsp3) is 0.160. The first-order valence-corrected chi connectivity index (χ1v) is 11.7. The molecule has 0 saturated heterocycles. The first-order chi connectivity index (χ1) is 15.0. The van der Waals surface area contributed by atoms with Crippen LogP contribution in [-0.4, -0.2) is 27.9 Å². The number of aryl methyl sites for hydroxylation is 1. The fourth-order valence-electron chi connectivity index (χ4n) is 4.45. The normalized spacial score (nSPS) is 17.2. The summed E-state index contributed by atoms with van der Waals surface area (Å²) in [4.78, 5) is 15.4. The maximum Gasteiger partial charge on any atom is 0.272 e. The maximum atomic E-state index is 13.9. The summed E-state index contributed by atoms with van der Waals surface area (Å²) >= 11 is 0. The lowest BCUT2D eigenvalue weighted by Gasteiger charge is -2.35. The first kappa shape index (κ1) is 19.6. The van der Waals surface area contributed by atoms with Crippen molar-refractivity contribution in [3.63, 3.8) is 0 Å². The van der Waals surface area contributed by atoms with Crippen LogP contribution in [0.3, 0.4) is 0 Å². The quantitative estimate of drug-likeness (QED) is 0.612. The van der Waals surface area contributed by atoms with E-state index >= 15 is 0 Å². The van der Waals surface area contributed by atoms with Gasteiger partial charge in [0.2, 0.25) is 0 Å². The Labute approximate surface area is 182 Å². The van der Waals surface area contributed by atoms with Crippen LogP contribution in [0.15, 0.2) is 83.8 Å². The van der Waals surface area contributed by atoms with Crippen LogP contribution < -0.4 is 9.21 Å². The minimum absolute atomic E-state index is 0.170. The Balaban J connectivity index is 1.80. The molecule has 0 atom stereocenters. The van der Waals surface area contributed by atoms with Crippen LogP contribution in [0.25, 0.3) is 5.57 Å². The Morgan fingerprint density at radius 2 is 1.48 bits per heavy atom.